The molecule has 0 atom stereocenters. The number of aromatic amines is 1. The van der Waals surface area contributed by atoms with Gasteiger partial charge < -0.3 is 4.98 Å². The molecule has 1 heterocycles. The number of rotatable bonds is 3. The van der Waals surface area contributed by atoms with Gasteiger partial charge in [0, 0.05) is 22.9 Å². The molecule has 0 radical (unpaired) electrons. The van der Waals surface area contributed by atoms with Crippen LogP contribution < -0.4 is 5.32 Å². The zero-order valence-electron chi connectivity index (χ0n) is 9.36. The molecule has 0 aliphatic rings. The van der Waals surface area contributed by atoms with Gasteiger partial charge in [-0.3, -0.25) is 10.1 Å². The number of halogens is 3. The molecule has 0 unspecified atom stereocenters. The van der Waals surface area contributed by atoms with Gasteiger partial charge in [0.15, 0.2) is 0 Å². The first-order valence-electron chi connectivity index (χ1n) is 5.10. The Bertz CT molecular complexity index is 552. The Morgan fingerprint density at radius 1 is 1.26 bits per heavy atom. The summed E-state index contributed by atoms with van der Waals surface area (Å²) in [4.78, 5) is 18.2. The van der Waals surface area contributed by atoms with Crippen molar-refractivity contribution in [2.24, 2.45) is 0 Å². The van der Waals surface area contributed by atoms with E-state index < -0.39 is 11.4 Å². The van der Waals surface area contributed by atoms with E-state index in [0.29, 0.717) is 0 Å². The molecule has 1 aromatic heterocycles. The smallest absolute Gasteiger partial charge is 0.331 e. The highest BCUT2D eigenvalue weighted by molar-refractivity contribution is 8.00. The Morgan fingerprint density at radius 3 is 2.47 bits per heavy atom. The van der Waals surface area contributed by atoms with E-state index in [4.69, 9.17) is 0 Å². The average molecular weight is 287 g/mol. The third-order valence-electron chi connectivity index (χ3n) is 2.08. The Labute approximate surface area is 110 Å². The van der Waals surface area contributed by atoms with Gasteiger partial charge in [-0.1, -0.05) is 0 Å². The molecule has 100 valence electrons. The number of hydrogen-bond acceptors (Lipinski definition) is 3. The fraction of sp³-hybridized carbons (Fsp3) is 0.0909. The summed E-state index contributed by atoms with van der Waals surface area (Å²) >= 11 is -0.224. The van der Waals surface area contributed by atoms with E-state index >= 15 is 0 Å². The number of aromatic nitrogens is 2. The lowest BCUT2D eigenvalue weighted by Crippen LogP contribution is -2.12. The van der Waals surface area contributed by atoms with Gasteiger partial charge in [-0.15, -0.1) is 0 Å². The zero-order valence-corrected chi connectivity index (χ0v) is 10.2. The Morgan fingerprint density at radius 2 is 1.95 bits per heavy atom. The molecule has 1 amide bonds. The summed E-state index contributed by atoms with van der Waals surface area (Å²) in [6.07, 6.45) is 3.01. The number of carbonyl (C=O) groups excluding carboxylic acids is 1. The van der Waals surface area contributed by atoms with Crippen molar-refractivity contribution >= 4 is 23.6 Å². The lowest BCUT2D eigenvalue weighted by atomic mass is 10.2. The summed E-state index contributed by atoms with van der Waals surface area (Å²) in [7, 11) is 0. The molecule has 8 heteroatoms. The summed E-state index contributed by atoms with van der Waals surface area (Å²) in [5.41, 5.74) is -4.08. The predicted octanol–water partition coefficient (Wildman–Crippen LogP) is 3.27. The van der Waals surface area contributed by atoms with Crippen molar-refractivity contribution in [3.8, 4) is 0 Å². The fourth-order valence-corrected chi connectivity index (χ4v) is 1.86. The van der Waals surface area contributed by atoms with Crippen LogP contribution in [0.4, 0.5) is 19.1 Å². The lowest BCUT2D eigenvalue weighted by molar-refractivity contribution is -0.0328. The van der Waals surface area contributed by atoms with E-state index in [1.807, 2.05) is 0 Å². The fourth-order valence-electron chi connectivity index (χ4n) is 1.32. The molecule has 0 saturated heterocycles. The molecule has 0 aliphatic heterocycles. The maximum atomic E-state index is 12.1. The summed E-state index contributed by atoms with van der Waals surface area (Å²) < 4.78 is 36.4. The number of anilines is 1. The van der Waals surface area contributed by atoms with E-state index in [1.165, 1.54) is 30.5 Å². The zero-order chi connectivity index (χ0) is 13.9. The molecular weight excluding hydrogens is 279 g/mol. The molecule has 1 aromatic carbocycles. The normalized spacial score (nSPS) is 11.3. The van der Waals surface area contributed by atoms with Crippen LogP contribution in [0.1, 0.15) is 10.4 Å². The van der Waals surface area contributed by atoms with Gasteiger partial charge in [0.25, 0.3) is 5.91 Å². The molecule has 0 saturated carbocycles. The predicted molar refractivity (Wildman–Crippen MR) is 64.9 cm³/mol. The molecule has 0 bridgehead atoms. The molecular formula is C11H8F3N3OS. The van der Waals surface area contributed by atoms with Gasteiger partial charge in [-0.05, 0) is 36.0 Å². The van der Waals surface area contributed by atoms with Gasteiger partial charge >= 0.3 is 5.51 Å². The number of hydrogen-bond donors (Lipinski definition) is 2. The first-order valence-corrected chi connectivity index (χ1v) is 5.92. The third-order valence-corrected chi connectivity index (χ3v) is 2.82. The monoisotopic (exact) mass is 287 g/mol. The molecule has 4 nitrogen and oxygen atoms in total. The van der Waals surface area contributed by atoms with Crippen LogP contribution in [0.15, 0.2) is 41.6 Å². The van der Waals surface area contributed by atoms with E-state index in [9.17, 15) is 18.0 Å². The number of H-pyrrole nitrogens is 1. The van der Waals surface area contributed by atoms with E-state index in [0.717, 1.165) is 0 Å². The maximum Gasteiger partial charge on any atom is 0.446 e. The molecule has 0 fully saturated rings. The lowest BCUT2D eigenvalue weighted by Gasteiger charge is -2.06. The molecule has 2 N–H and O–H groups in total. The third kappa shape index (κ3) is 4.02. The van der Waals surface area contributed by atoms with Crippen LogP contribution in [-0.2, 0) is 0 Å². The maximum absolute atomic E-state index is 12.1. The van der Waals surface area contributed by atoms with E-state index in [1.54, 1.807) is 6.20 Å². The van der Waals surface area contributed by atoms with Crippen molar-refractivity contribution in [3.63, 3.8) is 0 Å². The second kappa shape index (κ2) is 5.35. The summed E-state index contributed by atoms with van der Waals surface area (Å²) in [6.45, 7) is 0. The largest absolute Gasteiger partial charge is 0.446 e. The highest BCUT2D eigenvalue weighted by Gasteiger charge is 2.29. The van der Waals surface area contributed by atoms with Gasteiger partial charge in [0.05, 0.1) is 0 Å². The van der Waals surface area contributed by atoms with Crippen molar-refractivity contribution in [2.45, 2.75) is 10.4 Å². The number of thioether (sulfide) groups is 1. The van der Waals surface area contributed by atoms with Crippen molar-refractivity contribution in [1.29, 1.82) is 0 Å². The Hall–Kier alpha value is -1.96. The van der Waals surface area contributed by atoms with Gasteiger partial charge in [0.2, 0.25) is 5.95 Å². The number of nitrogens with zero attached hydrogens (tertiary/aromatic N) is 1. The minimum absolute atomic E-state index is 0.0297. The Balaban J connectivity index is 2.04. The van der Waals surface area contributed by atoms with Crippen LogP contribution in [0, 0.1) is 0 Å². The quantitative estimate of drug-likeness (QED) is 0.852. The molecule has 19 heavy (non-hydrogen) atoms. The van der Waals surface area contributed by atoms with Crippen LogP contribution in [0.5, 0.6) is 0 Å². The minimum atomic E-state index is -4.34. The average Bonchev–Trinajstić information content (AvgIpc) is 2.80. The van der Waals surface area contributed by atoms with Crippen LogP contribution in [-0.4, -0.2) is 21.4 Å². The summed E-state index contributed by atoms with van der Waals surface area (Å²) in [5.74, 6) is -0.169. The van der Waals surface area contributed by atoms with Crippen LogP contribution in [0.3, 0.4) is 0 Å². The van der Waals surface area contributed by atoms with Gasteiger partial charge in [0.1, 0.15) is 0 Å². The van der Waals surface area contributed by atoms with Gasteiger partial charge in [-0.25, -0.2) is 4.98 Å². The SMILES string of the molecule is O=C(Nc1ncc[nH]1)c1ccc(SC(F)(F)F)cc1. The number of benzene rings is 1. The Kier molecular flexibility index (Phi) is 3.79. The first kappa shape index (κ1) is 13.5. The van der Waals surface area contributed by atoms with Crippen LogP contribution in [0.25, 0.3) is 0 Å². The molecule has 2 rings (SSSR count). The highest BCUT2D eigenvalue weighted by Crippen LogP contribution is 2.36. The van der Waals surface area contributed by atoms with Crippen molar-refractivity contribution in [3.05, 3.63) is 42.2 Å². The summed E-state index contributed by atoms with van der Waals surface area (Å²) in [5, 5.41) is 2.47. The number of carbonyl (C=O) groups is 1. The topological polar surface area (TPSA) is 57.8 Å². The summed E-state index contributed by atoms with van der Waals surface area (Å²) in [6, 6.07) is 5.14. The molecule has 2 aromatic rings. The molecule has 0 aliphatic carbocycles. The minimum Gasteiger partial charge on any atom is -0.331 e. The number of nitrogens with one attached hydrogen (secondary N) is 2. The molecule has 0 spiro atoms. The van der Waals surface area contributed by atoms with Crippen molar-refractivity contribution < 1.29 is 18.0 Å². The second-order valence-corrected chi connectivity index (χ2v) is 4.60. The number of imidazole rings is 1. The van der Waals surface area contributed by atoms with Crippen LogP contribution in [0.2, 0.25) is 0 Å². The van der Waals surface area contributed by atoms with Crippen molar-refractivity contribution in [1.82, 2.24) is 9.97 Å². The second-order valence-electron chi connectivity index (χ2n) is 3.46. The first-order chi connectivity index (χ1) is 8.94. The number of alkyl halides is 3. The van der Waals surface area contributed by atoms with E-state index in [-0.39, 0.29) is 28.2 Å². The standard InChI is InChI=1S/C11H8F3N3OS/c12-11(13,14)19-8-3-1-7(2-4-8)9(18)17-10-15-5-6-16-10/h1-6H,(H2,15,16,17,18). The van der Waals surface area contributed by atoms with Crippen LogP contribution >= 0.6 is 11.8 Å². The number of amides is 1. The highest BCUT2D eigenvalue weighted by atomic mass is 32.2. The van der Waals surface area contributed by atoms with E-state index in [2.05, 4.69) is 15.3 Å². The van der Waals surface area contributed by atoms with Crippen molar-refractivity contribution in [2.75, 3.05) is 5.32 Å². The van der Waals surface area contributed by atoms with Gasteiger partial charge in [-0.2, -0.15) is 13.2 Å².